The molecule has 0 aliphatic heterocycles. The van der Waals surface area contributed by atoms with Crippen molar-refractivity contribution >= 4 is 23.2 Å². The summed E-state index contributed by atoms with van der Waals surface area (Å²) in [5.74, 6) is -0.183. The molecule has 3 rings (SSSR count). The number of carbonyl (C=O) groups is 1. The van der Waals surface area contributed by atoms with Gasteiger partial charge in [0, 0.05) is 17.1 Å². The lowest BCUT2D eigenvalue weighted by molar-refractivity contribution is -0.386. The van der Waals surface area contributed by atoms with Gasteiger partial charge >= 0.3 is 5.69 Å². The van der Waals surface area contributed by atoms with Crippen molar-refractivity contribution in [2.24, 2.45) is 0 Å². The maximum atomic E-state index is 12.7. The van der Waals surface area contributed by atoms with Gasteiger partial charge < -0.3 is 10.2 Å². The minimum absolute atomic E-state index is 0.0370. The first-order chi connectivity index (χ1) is 15.2. The number of carbonyl (C=O) groups excluding carboxylic acids is 1. The van der Waals surface area contributed by atoms with Crippen LogP contribution in [0.2, 0.25) is 5.02 Å². The number of aromatic nitrogens is 2. The van der Waals surface area contributed by atoms with Crippen LogP contribution >= 0.6 is 11.6 Å². The van der Waals surface area contributed by atoms with Crippen LogP contribution in [0, 0.1) is 24.0 Å². The number of aryl methyl sites for hydroxylation is 1. The van der Waals surface area contributed by atoms with Gasteiger partial charge in [-0.1, -0.05) is 41.9 Å². The molecule has 2 aromatic carbocycles. The molecule has 0 saturated heterocycles. The van der Waals surface area contributed by atoms with Crippen molar-refractivity contribution in [2.45, 2.75) is 26.4 Å². The summed E-state index contributed by atoms with van der Waals surface area (Å²) < 4.78 is 1.60. The minimum atomic E-state index is -0.411. The normalized spacial score (nSPS) is 12.1. The Kier molecular flexibility index (Phi) is 7.27. The standard InChI is InChI=1S/C23H26ClN5O3/c1-15-22(29(31)32)16(2)28(26-15)14-17-9-11-18(12-10-17)23(30)25-13-21(27(3)4)19-7-5-6-8-20(19)24/h5-12,21H,13-14H2,1-4H3,(H,25,30). The molecular weight excluding hydrogens is 430 g/mol. The summed E-state index contributed by atoms with van der Waals surface area (Å²) >= 11 is 6.34. The van der Waals surface area contributed by atoms with Crippen molar-refractivity contribution in [3.8, 4) is 0 Å². The number of nitro groups is 1. The number of rotatable bonds is 8. The van der Waals surface area contributed by atoms with Crippen LogP contribution in [0.4, 0.5) is 5.69 Å². The number of amides is 1. The topological polar surface area (TPSA) is 93.3 Å². The average molecular weight is 456 g/mol. The molecule has 1 atom stereocenters. The predicted molar refractivity (Wildman–Crippen MR) is 124 cm³/mol. The zero-order valence-corrected chi connectivity index (χ0v) is 19.3. The van der Waals surface area contributed by atoms with Gasteiger partial charge in [-0.05, 0) is 57.3 Å². The zero-order chi connectivity index (χ0) is 23.4. The number of benzene rings is 2. The highest BCUT2D eigenvalue weighted by atomic mass is 35.5. The van der Waals surface area contributed by atoms with E-state index in [0.29, 0.717) is 35.1 Å². The number of nitrogens with one attached hydrogen (secondary N) is 1. The number of nitrogens with zero attached hydrogens (tertiary/aromatic N) is 4. The van der Waals surface area contributed by atoms with E-state index >= 15 is 0 Å². The molecule has 0 spiro atoms. The van der Waals surface area contributed by atoms with E-state index in [0.717, 1.165) is 11.1 Å². The Hall–Kier alpha value is -3.23. The van der Waals surface area contributed by atoms with Crippen LogP contribution in [0.25, 0.3) is 0 Å². The quantitative estimate of drug-likeness (QED) is 0.407. The predicted octanol–water partition coefficient (Wildman–Crippen LogP) is 4.14. The van der Waals surface area contributed by atoms with Crippen molar-refractivity contribution in [3.05, 3.63) is 91.7 Å². The van der Waals surface area contributed by atoms with Crippen LogP contribution in [0.5, 0.6) is 0 Å². The van der Waals surface area contributed by atoms with Crippen molar-refractivity contribution in [1.82, 2.24) is 20.0 Å². The van der Waals surface area contributed by atoms with Crippen molar-refractivity contribution in [3.63, 3.8) is 0 Å². The molecular formula is C23H26ClN5O3. The van der Waals surface area contributed by atoms with E-state index in [1.54, 1.807) is 30.7 Å². The first-order valence-electron chi connectivity index (χ1n) is 10.2. The SMILES string of the molecule is Cc1nn(Cc2ccc(C(=O)NCC(c3ccccc3Cl)N(C)C)cc2)c(C)c1[N+](=O)[O-]. The Morgan fingerprint density at radius 3 is 2.41 bits per heavy atom. The highest BCUT2D eigenvalue weighted by Gasteiger charge is 2.22. The van der Waals surface area contributed by atoms with E-state index in [1.165, 1.54) is 0 Å². The summed E-state index contributed by atoms with van der Waals surface area (Å²) in [6.45, 7) is 4.10. The van der Waals surface area contributed by atoms with Crippen molar-refractivity contribution < 1.29 is 9.72 Å². The first-order valence-corrected chi connectivity index (χ1v) is 10.5. The lowest BCUT2D eigenvalue weighted by Crippen LogP contribution is -2.34. The second kappa shape index (κ2) is 9.93. The van der Waals surface area contributed by atoms with Gasteiger partial charge in [0.1, 0.15) is 11.4 Å². The Morgan fingerprint density at radius 2 is 1.84 bits per heavy atom. The molecule has 32 heavy (non-hydrogen) atoms. The van der Waals surface area contributed by atoms with Crippen LogP contribution in [-0.4, -0.2) is 46.2 Å². The number of likely N-dealkylation sites (N-methyl/N-ethyl adjacent to an activating group) is 1. The van der Waals surface area contributed by atoms with Gasteiger partial charge in [0.15, 0.2) is 0 Å². The molecule has 1 unspecified atom stereocenters. The molecule has 8 nitrogen and oxygen atoms in total. The molecule has 1 heterocycles. The zero-order valence-electron chi connectivity index (χ0n) is 18.5. The van der Waals surface area contributed by atoms with E-state index in [9.17, 15) is 14.9 Å². The van der Waals surface area contributed by atoms with Crippen LogP contribution in [0.3, 0.4) is 0 Å². The average Bonchev–Trinajstić information content (AvgIpc) is 3.02. The number of halogens is 1. The highest BCUT2D eigenvalue weighted by Crippen LogP contribution is 2.26. The molecule has 0 aliphatic carbocycles. The van der Waals surface area contributed by atoms with Gasteiger partial charge in [-0.2, -0.15) is 5.10 Å². The van der Waals surface area contributed by atoms with Gasteiger partial charge in [-0.25, -0.2) is 0 Å². The smallest absolute Gasteiger partial charge is 0.312 e. The summed E-state index contributed by atoms with van der Waals surface area (Å²) in [6.07, 6.45) is 0. The molecule has 168 valence electrons. The fraction of sp³-hybridized carbons (Fsp3) is 0.304. The summed E-state index contributed by atoms with van der Waals surface area (Å²) in [5.41, 5.74) is 3.30. The second-order valence-corrected chi connectivity index (χ2v) is 8.25. The molecule has 1 aromatic heterocycles. The van der Waals surface area contributed by atoms with Gasteiger partial charge in [0.2, 0.25) is 0 Å². The monoisotopic (exact) mass is 455 g/mol. The first kappa shape index (κ1) is 23.4. The van der Waals surface area contributed by atoms with Crippen LogP contribution in [0.15, 0.2) is 48.5 Å². The summed E-state index contributed by atoms with van der Waals surface area (Å²) in [5, 5.41) is 19.1. The largest absolute Gasteiger partial charge is 0.350 e. The van der Waals surface area contributed by atoms with Crippen molar-refractivity contribution in [1.29, 1.82) is 0 Å². The molecule has 0 fully saturated rings. The molecule has 3 aromatic rings. The lowest BCUT2D eigenvalue weighted by Gasteiger charge is -2.26. The fourth-order valence-electron chi connectivity index (χ4n) is 3.65. The molecule has 0 radical (unpaired) electrons. The van der Waals surface area contributed by atoms with Crippen LogP contribution < -0.4 is 5.32 Å². The second-order valence-electron chi connectivity index (χ2n) is 7.84. The maximum absolute atomic E-state index is 12.7. The summed E-state index contributed by atoms with van der Waals surface area (Å²) in [6, 6.07) is 14.7. The van der Waals surface area contributed by atoms with E-state index in [2.05, 4.69) is 10.4 Å². The Morgan fingerprint density at radius 1 is 1.19 bits per heavy atom. The molecule has 0 aliphatic rings. The lowest BCUT2D eigenvalue weighted by atomic mass is 10.1. The molecule has 0 saturated carbocycles. The van der Waals surface area contributed by atoms with E-state index in [1.807, 2.05) is 55.4 Å². The van der Waals surface area contributed by atoms with E-state index < -0.39 is 4.92 Å². The third-order valence-electron chi connectivity index (χ3n) is 5.42. The molecule has 1 N–H and O–H groups in total. The third-order valence-corrected chi connectivity index (χ3v) is 5.76. The fourth-order valence-corrected chi connectivity index (χ4v) is 3.91. The molecule has 1 amide bonds. The summed E-state index contributed by atoms with van der Waals surface area (Å²) in [7, 11) is 3.89. The molecule has 0 bridgehead atoms. The van der Waals surface area contributed by atoms with E-state index in [4.69, 9.17) is 11.6 Å². The van der Waals surface area contributed by atoms with Crippen molar-refractivity contribution in [2.75, 3.05) is 20.6 Å². The van der Waals surface area contributed by atoms with Gasteiger partial charge in [0.25, 0.3) is 5.91 Å². The number of hydrogen-bond donors (Lipinski definition) is 1. The van der Waals surface area contributed by atoms with Crippen LogP contribution in [-0.2, 0) is 6.54 Å². The number of hydrogen-bond acceptors (Lipinski definition) is 5. The Bertz CT molecular complexity index is 1130. The Labute approximate surface area is 191 Å². The maximum Gasteiger partial charge on any atom is 0.312 e. The Balaban J connectivity index is 1.67. The van der Waals surface area contributed by atoms with Gasteiger partial charge in [-0.15, -0.1) is 0 Å². The van der Waals surface area contributed by atoms with E-state index in [-0.39, 0.29) is 17.6 Å². The van der Waals surface area contributed by atoms with Gasteiger partial charge in [0.05, 0.1) is 17.5 Å². The van der Waals surface area contributed by atoms with Gasteiger partial charge in [-0.3, -0.25) is 19.6 Å². The summed E-state index contributed by atoms with van der Waals surface area (Å²) in [4.78, 5) is 25.5. The molecule has 9 heteroatoms. The third kappa shape index (κ3) is 5.15. The highest BCUT2D eigenvalue weighted by molar-refractivity contribution is 6.31. The van der Waals surface area contributed by atoms with Crippen LogP contribution in [0.1, 0.15) is 38.9 Å². The minimum Gasteiger partial charge on any atom is -0.350 e.